The summed E-state index contributed by atoms with van der Waals surface area (Å²) in [4.78, 5) is 23.0. The third-order valence-electron chi connectivity index (χ3n) is 2.83. The Kier molecular flexibility index (Phi) is 5.33. The van der Waals surface area contributed by atoms with Crippen LogP contribution >= 0.6 is 0 Å². The summed E-state index contributed by atoms with van der Waals surface area (Å²) in [7, 11) is 0. The molecule has 0 aromatic rings. The van der Waals surface area contributed by atoms with Gasteiger partial charge in [0.15, 0.2) is 0 Å². The van der Waals surface area contributed by atoms with E-state index >= 15 is 0 Å². The molecular formula is C14H21N3O4. The van der Waals surface area contributed by atoms with Crippen LogP contribution in [-0.4, -0.2) is 40.9 Å². The maximum Gasteiger partial charge on any atom is 0.407 e. The SMILES string of the molecule is CC(=O)N[C@@H]1[C@@H](NC(=O)OC(C)(C)C)CC(C#N)=C[C@@H]1O. The Balaban J connectivity index is 2.84. The Morgan fingerprint density at radius 2 is 2.05 bits per heavy atom. The highest BCUT2D eigenvalue weighted by atomic mass is 16.6. The Morgan fingerprint density at radius 1 is 1.43 bits per heavy atom. The second-order valence-electron chi connectivity index (χ2n) is 5.98. The fourth-order valence-corrected chi connectivity index (χ4v) is 2.08. The van der Waals surface area contributed by atoms with E-state index in [0.717, 1.165) is 0 Å². The summed E-state index contributed by atoms with van der Waals surface area (Å²) in [6, 6.07) is 0.642. The molecular weight excluding hydrogens is 274 g/mol. The second-order valence-corrected chi connectivity index (χ2v) is 5.98. The molecule has 1 rings (SSSR count). The van der Waals surface area contributed by atoms with Crippen molar-refractivity contribution < 1.29 is 19.4 Å². The number of rotatable bonds is 2. The number of carbonyl (C=O) groups is 2. The van der Waals surface area contributed by atoms with E-state index in [0.29, 0.717) is 5.57 Å². The average Bonchev–Trinajstić information content (AvgIpc) is 2.30. The van der Waals surface area contributed by atoms with Crippen molar-refractivity contribution in [2.45, 2.75) is 57.9 Å². The van der Waals surface area contributed by atoms with Gasteiger partial charge in [-0.2, -0.15) is 5.26 Å². The van der Waals surface area contributed by atoms with Gasteiger partial charge in [0.05, 0.1) is 24.3 Å². The molecule has 0 aliphatic heterocycles. The Hall–Kier alpha value is -2.07. The topological polar surface area (TPSA) is 111 Å². The standard InChI is InChI=1S/C14H21N3O4/c1-8(18)16-12-10(5-9(7-15)6-11(12)19)17-13(20)21-14(2,3)4/h6,10-12,19H,5H2,1-4H3,(H,16,18)(H,17,20)/t10-,11-,12+/m0/s1. The first-order valence-corrected chi connectivity index (χ1v) is 6.68. The van der Waals surface area contributed by atoms with Crippen LogP contribution < -0.4 is 10.6 Å². The molecule has 21 heavy (non-hydrogen) atoms. The lowest BCUT2D eigenvalue weighted by atomic mass is 9.88. The van der Waals surface area contributed by atoms with Gasteiger partial charge in [0, 0.05) is 18.9 Å². The van der Waals surface area contributed by atoms with Crippen LogP contribution in [0.5, 0.6) is 0 Å². The lowest BCUT2D eigenvalue weighted by molar-refractivity contribution is -0.120. The minimum absolute atomic E-state index is 0.220. The van der Waals surface area contributed by atoms with Crippen LogP contribution in [0.2, 0.25) is 0 Å². The molecule has 0 aromatic carbocycles. The molecule has 0 fully saturated rings. The summed E-state index contributed by atoms with van der Waals surface area (Å²) in [5.41, 5.74) is -0.306. The predicted octanol–water partition coefficient (Wildman–Crippen LogP) is 0.599. The van der Waals surface area contributed by atoms with E-state index in [1.54, 1.807) is 20.8 Å². The third kappa shape index (κ3) is 5.44. The van der Waals surface area contributed by atoms with Crippen molar-refractivity contribution in [1.82, 2.24) is 10.6 Å². The number of nitrogens with zero attached hydrogens (tertiary/aromatic N) is 1. The first-order chi connectivity index (χ1) is 9.62. The Morgan fingerprint density at radius 3 is 2.52 bits per heavy atom. The number of hydrogen-bond donors (Lipinski definition) is 3. The number of amides is 2. The fraction of sp³-hybridized carbons (Fsp3) is 0.643. The van der Waals surface area contributed by atoms with Gasteiger partial charge in [-0.1, -0.05) is 0 Å². The van der Waals surface area contributed by atoms with Gasteiger partial charge in [-0.05, 0) is 26.8 Å². The summed E-state index contributed by atoms with van der Waals surface area (Å²) in [5.74, 6) is -0.330. The van der Waals surface area contributed by atoms with Gasteiger partial charge >= 0.3 is 6.09 Å². The van der Waals surface area contributed by atoms with Gasteiger partial charge in [0.2, 0.25) is 5.91 Å². The molecule has 7 heteroatoms. The maximum absolute atomic E-state index is 11.8. The van der Waals surface area contributed by atoms with Gasteiger partial charge in [-0.3, -0.25) is 4.79 Å². The van der Waals surface area contributed by atoms with E-state index in [4.69, 9.17) is 10.00 Å². The molecule has 0 spiro atoms. The van der Waals surface area contributed by atoms with Crippen LogP contribution in [0.3, 0.4) is 0 Å². The number of aliphatic hydroxyl groups is 1. The number of carbonyl (C=O) groups excluding carboxylic acids is 2. The van der Waals surface area contributed by atoms with Gasteiger partial charge in [-0.15, -0.1) is 0 Å². The minimum atomic E-state index is -1.04. The summed E-state index contributed by atoms with van der Waals surface area (Å²) < 4.78 is 5.15. The summed E-state index contributed by atoms with van der Waals surface area (Å²) in [6.45, 7) is 6.51. The summed E-state index contributed by atoms with van der Waals surface area (Å²) in [6.07, 6.45) is -0.0995. The highest BCUT2D eigenvalue weighted by molar-refractivity contribution is 5.74. The van der Waals surface area contributed by atoms with Gasteiger partial charge < -0.3 is 20.5 Å². The molecule has 1 aliphatic rings. The normalized spacial score (nSPS) is 25.3. The van der Waals surface area contributed by atoms with Crippen molar-refractivity contribution in [2.75, 3.05) is 0 Å². The van der Waals surface area contributed by atoms with Crippen molar-refractivity contribution in [3.05, 3.63) is 11.6 Å². The Bertz CT molecular complexity index is 487. The van der Waals surface area contributed by atoms with Crippen molar-refractivity contribution in [1.29, 1.82) is 5.26 Å². The largest absolute Gasteiger partial charge is 0.444 e. The van der Waals surface area contributed by atoms with Crippen LogP contribution in [0, 0.1) is 11.3 Å². The van der Waals surface area contributed by atoms with Crippen LogP contribution in [0.4, 0.5) is 4.79 Å². The number of nitrogens with one attached hydrogen (secondary N) is 2. The van der Waals surface area contributed by atoms with Crippen molar-refractivity contribution in [3.63, 3.8) is 0 Å². The molecule has 2 amide bonds. The number of hydrogen-bond acceptors (Lipinski definition) is 5. The molecule has 116 valence electrons. The molecule has 0 aromatic heterocycles. The van der Waals surface area contributed by atoms with E-state index in [9.17, 15) is 14.7 Å². The minimum Gasteiger partial charge on any atom is -0.444 e. The molecule has 0 unspecified atom stereocenters. The maximum atomic E-state index is 11.8. The average molecular weight is 295 g/mol. The Labute approximate surface area is 124 Å². The molecule has 0 heterocycles. The van der Waals surface area contributed by atoms with E-state index in [-0.39, 0.29) is 12.3 Å². The summed E-state index contributed by atoms with van der Waals surface area (Å²) >= 11 is 0. The monoisotopic (exact) mass is 295 g/mol. The third-order valence-corrected chi connectivity index (χ3v) is 2.83. The lowest BCUT2D eigenvalue weighted by Gasteiger charge is -2.34. The second kappa shape index (κ2) is 6.59. The smallest absolute Gasteiger partial charge is 0.407 e. The van der Waals surface area contributed by atoms with Crippen LogP contribution in [0.15, 0.2) is 11.6 Å². The number of alkyl carbamates (subject to hydrolysis) is 1. The van der Waals surface area contributed by atoms with Crippen LogP contribution in [0.25, 0.3) is 0 Å². The number of ether oxygens (including phenoxy) is 1. The molecule has 0 saturated heterocycles. The van der Waals surface area contributed by atoms with Crippen molar-refractivity contribution in [3.8, 4) is 6.07 Å². The van der Waals surface area contributed by atoms with E-state index in [2.05, 4.69) is 10.6 Å². The van der Waals surface area contributed by atoms with E-state index < -0.39 is 29.9 Å². The molecule has 1 aliphatic carbocycles. The van der Waals surface area contributed by atoms with Crippen LogP contribution in [-0.2, 0) is 9.53 Å². The van der Waals surface area contributed by atoms with Gasteiger partial charge in [0.1, 0.15) is 5.60 Å². The van der Waals surface area contributed by atoms with E-state index in [1.165, 1.54) is 13.0 Å². The highest BCUT2D eigenvalue weighted by Crippen LogP contribution is 2.20. The molecule has 7 nitrogen and oxygen atoms in total. The zero-order valence-corrected chi connectivity index (χ0v) is 12.6. The predicted molar refractivity (Wildman–Crippen MR) is 75.1 cm³/mol. The molecule has 0 bridgehead atoms. The number of nitriles is 1. The first-order valence-electron chi connectivity index (χ1n) is 6.68. The molecule has 0 radical (unpaired) electrons. The first kappa shape index (κ1) is 17.0. The zero-order chi connectivity index (χ0) is 16.2. The quantitative estimate of drug-likeness (QED) is 0.690. The van der Waals surface area contributed by atoms with Gasteiger partial charge in [0.25, 0.3) is 0 Å². The molecule has 0 saturated carbocycles. The van der Waals surface area contributed by atoms with Crippen molar-refractivity contribution in [2.24, 2.45) is 0 Å². The molecule has 3 N–H and O–H groups in total. The lowest BCUT2D eigenvalue weighted by Crippen LogP contribution is -2.58. The molecule has 3 atom stereocenters. The zero-order valence-electron chi connectivity index (χ0n) is 12.6. The van der Waals surface area contributed by atoms with Crippen molar-refractivity contribution >= 4 is 12.0 Å². The highest BCUT2D eigenvalue weighted by Gasteiger charge is 2.35. The van der Waals surface area contributed by atoms with Crippen LogP contribution in [0.1, 0.15) is 34.1 Å². The van der Waals surface area contributed by atoms with Gasteiger partial charge in [-0.25, -0.2) is 4.79 Å². The fourth-order valence-electron chi connectivity index (χ4n) is 2.08. The van der Waals surface area contributed by atoms with E-state index in [1.807, 2.05) is 6.07 Å². The summed E-state index contributed by atoms with van der Waals surface area (Å²) in [5, 5.41) is 24.1. The number of aliphatic hydroxyl groups excluding tert-OH is 1.